The topological polar surface area (TPSA) is 48.8 Å². The number of para-hydroxylation sites is 4. The Kier molecular flexibility index (Phi) is 7.05. The normalized spacial score (nSPS) is 12.1. The van der Waals surface area contributed by atoms with Crippen LogP contribution in [0.2, 0.25) is 0 Å². The average Bonchev–Trinajstić information content (AvgIpc) is 4.01. The molecule has 0 N–H and O–H groups in total. The van der Waals surface area contributed by atoms with Gasteiger partial charge in [-0.3, -0.25) is 4.57 Å². The summed E-state index contributed by atoms with van der Waals surface area (Å²) in [5, 5.41) is 11.3. The Hall–Kier alpha value is -8.54. The van der Waals surface area contributed by atoms with E-state index in [4.69, 9.17) is 14.4 Å². The predicted molar refractivity (Wildman–Crippen MR) is 261 cm³/mol. The quantitative estimate of drug-likeness (QED) is 0.167. The van der Waals surface area contributed by atoms with Crippen molar-refractivity contribution < 1.29 is 4.42 Å². The second-order valence-electron chi connectivity index (χ2n) is 16.4. The lowest BCUT2D eigenvalue weighted by Gasteiger charge is -2.16. The Balaban J connectivity index is 1.10. The lowest BCUT2D eigenvalue weighted by molar-refractivity contribution is 0.667. The molecule has 0 unspecified atom stereocenters. The first kappa shape index (κ1) is 34.2. The van der Waals surface area contributed by atoms with Gasteiger partial charge in [0.2, 0.25) is 0 Å². The van der Waals surface area contributed by atoms with Crippen LogP contribution in [0.4, 0.5) is 0 Å². The zero-order valence-electron chi connectivity index (χ0n) is 33.8. The molecule has 0 saturated carbocycles. The maximum Gasteiger partial charge on any atom is 0.165 e. The van der Waals surface area contributed by atoms with Crippen LogP contribution in [0.1, 0.15) is 0 Å². The third-order valence-electron chi connectivity index (χ3n) is 13.1. The van der Waals surface area contributed by atoms with Crippen LogP contribution < -0.4 is 0 Å². The molecule has 5 nitrogen and oxygen atoms in total. The highest BCUT2D eigenvalue weighted by molar-refractivity contribution is 6.24. The van der Waals surface area contributed by atoms with Gasteiger partial charge in [-0.05, 0) is 46.7 Å². The summed E-state index contributed by atoms with van der Waals surface area (Å²) in [6.45, 7) is 0. The number of rotatable bonds is 4. The minimum atomic E-state index is 0.796. The molecule has 4 heterocycles. The first-order chi connectivity index (χ1) is 31.3. The molecule has 0 spiro atoms. The van der Waals surface area contributed by atoms with E-state index >= 15 is 0 Å². The predicted octanol–water partition coefficient (Wildman–Crippen LogP) is 15.4. The van der Waals surface area contributed by atoms with Gasteiger partial charge in [-0.1, -0.05) is 176 Å². The zero-order valence-corrected chi connectivity index (χ0v) is 33.8. The Morgan fingerprint density at radius 3 is 1.44 bits per heavy atom. The highest BCUT2D eigenvalue weighted by Gasteiger charge is 2.25. The molecule has 10 aromatic carbocycles. The molecule has 5 heteroatoms. The van der Waals surface area contributed by atoms with E-state index in [0.29, 0.717) is 0 Å². The van der Waals surface area contributed by atoms with Gasteiger partial charge in [0.15, 0.2) is 11.4 Å². The van der Waals surface area contributed by atoms with Crippen molar-refractivity contribution in [3.05, 3.63) is 206 Å². The van der Waals surface area contributed by atoms with Crippen molar-refractivity contribution in [1.82, 2.24) is 19.1 Å². The SMILES string of the molecule is c1ccc(-c2nc3c4ccccc4c4ccccc4c3nc2-n2c3ccccc3c3cc4c(cc32)c2ccccc2n4-c2cccc3c2oc2c(-c4ccccc4)cccc23)cc1. The Labute approximate surface area is 360 Å². The van der Waals surface area contributed by atoms with Crippen LogP contribution in [0, 0.1) is 0 Å². The van der Waals surface area contributed by atoms with E-state index in [0.717, 1.165) is 121 Å². The highest BCUT2D eigenvalue weighted by atomic mass is 16.3. The van der Waals surface area contributed by atoms with Crippen molar-refractivity contribution in [2.75, 3.05) is 0 Å². The van der Waals surface area contributed by atoms with Gasteiger partial charge in [-0.25, -0.2) is 9.97 Å². The van der Waals surface area contributed by atoms with Crippen molar-refractivity contribution in [1.29, 1.82) is 0 Å². The summed E-state index contributed by atoms with van der Waals surface area (Å²) < 4.78 is 11.8. The standard InChI is InChI=1S/C58H34N4O/c1-3-17-35(18-4-1)37-27-15-28-44-45-29-16-32-50(57(45)63-56(37)44)61-48-30-13-11-23-40(48)46-34-52-47(33-51(46)61)41-24-12-14-31-49(41)62(52)58-53(36-19-5-2-6-20-36)59-54-42-25-9-7-21-38(42)39-22-8-10-26-43(39)55(54)60-58/h1-34H. The van der Waals surface area contributed by atoms with E-state index < -0.39 is 0 Å². The van der Waals surface area contributed by atoms with E-state index in [2.05, 4.69) is 215 Å². The number of hydrogen-bond acceptors (Lipinski definition) is 3. The summed E-state index contributed by atoms with van der Waals surface area (Å²) in [4.78, 5) is 11.4. The van der Waals surface area contributed by atoms with Crippen LogP contribution in [0.25, 0.3) is 132 Å². The smallest absolute Gasteiger partial charge is 0.165 e. The van der Waals surface area contributed by atoms with E-state index in [-0.39, 0.29) is 0 Å². The fourth-order valence-corrected chi connectivity index (χ4v) is 10.3. The summed E-state index contributed by atoms with van der Waals surface area (Å²) in [5.41, 5.74) is 13.0. The summed E-state index contributed by atoms with van der Waals surface area (Å²) in [5.74, 6) is 0.796. The fraction of sp³-hybridized carbons (Fsp3) is 0. The van der Waals surface area contributed by atoms with Crippen LogP contribution in [0.5, 0.6) is 0 Å². The maximum absolute atomic E-state index is 7.02. The van der Waals surface area contributed by atoms with Gasteiger partial charge < -0.3 is 8.98 Å². The minimum absolute atomic E-state index is 0.796. The lowest BCUT2D eigenvalue weighted by atomic mass is 9.99. The van der Waals surface area contributed by atoms with Crippen molar-refractivity contribution in [3.8, 4) is 33.9 Å². The maximum atomic E-state index is 7.02. The van der Waals surface area contributed by atoms with Gasteiger partial charge in [0.1, 0.15) is 11.3 Å². The number of hydrogen-bond donors (Lipinski definition) is 0. The minimum Gasteiger partial charge on any atom is -0.453 e. The second-order valence-corrected chi connectivity index (χ2v) is 16.4. The van der Waals surface area contributed by atoms with Crippen LogP contribution in [0.3, 0.4) is 0 Å². The van der Waals surface area contributed by atoms with Gasteiger partial charge in [-0.2, -0.15) is 0 Å². The molecule has 292 valence electrons. The van der Waals surface area contributed by atoms with Gasteiger partial charge in [-0.15, -0.1) is 0 Å². The average molecular weight is 803 g/mol. The molecular formula is C58H34N4O. The van der Waals surface area contributed by atoms with Gasteiger partial charge in [0, 0.05) is 54.2 Å². The summed E-state index contributed by atoms with van der Waals surface area (Å²) >= 11 is 0. The Morgan fingerprint density at radius 2 is 0.794 bits per heavy atom. The molecule has 0 aliphatic rings. The molecule has 4 aromatic heterocycles. The molecule has 0 atom stereocenters. The zero-order chi connectivity index (χ0) is 41.2. The molecule has 0 bridgehead atoms. The number of fused-ring (bicyclic) bond motifs is 15. The molecule has 0 saturated heterocycles. The third-order valence-corrected chi connectivity index (χ3v) is 13.1. The first-order valence-corrected chi connectivity index (χ1v) is 21.4. The molecule has 63 heavy (non-hydrogen) atoms. The Bertz CT molecular complexity index is 4200. The molecule has 0 aliphatic carbocycles. The number of aromatic nitrogens is 4. The van der Waals surface area contributed by atoms with E-state index in [1.807, 2.05) is 0 Å². The van der Waals surface area contributed by atoms with Crippen molar-refractivity contribution in [2.45, 2.75) is 0 Å². The van der Waals surface area contributed by atoms with Crippen molar-refractivity contribution >= 4 is 98.1 Å². The first-order valence-electron chi connectivity index (χ1n) is 21.4. The second kappa shape index (κ2) is 13.0. The highest BCUT2D eigenvalue weighted by Crippen LogP contribution is 2.44. The van der Waals surface area contributed by atoms with Crippen LogP contribution in [-0.4, -0.2) is 19.1 Å². The molecule has 14 aromatic rings. The van der Waals surface area contributed by atoms with Gasteiger partial charge in [0.05, 0.1) is 38.8 Å². The summed E-state index contributed by atoms with van der Waals surface area (Å²) in [6, 6.07) is 73.3. The van der Waals surface area contributed by atoms with Crippen LogP contribution in [0.15, 0.2) is 211 Å². The monoisotopic (exact) mass is 802 g/mol. The lowest BCUT2D eigenvalue weighted by Crippen LogP contribution is -2.04. The van der Waals surface area contributed by atoms with Gasteiger partial charge >= 0.3 is 0 Å². The van der Waals surface area contributed by atoms with Gasteiger partial charge in [0.25, 0.3) is 0 Å². The van der Waals surface area contributed by atoms with E-state index in [1.54, 1.807) is 0 Å². The van der Waals surface area contributed by atoms with Crippen LogP contribution >= 0.6 is 0 Å². The summed E-state index contributed by atoms with van der Waals surface area (Å²) in [7, 11) is 0. The molecular weight excluding hydrogens is 769 g/mol. The largest absolute Gasteiger partial charge is 0.453 e. The number of furan rings is 1. The molecule has 0 radical (unpaired) electrons. The van der Waals surface area contributed by atoms with E-state index in [9.17, 15) is 0 Å². The fourth-order valence-electron chi connectivity index (χ4n) is 10.3. The number of benzene rings is 10. The molecule has 0 aliphatic heterocycles. The Morgan fingerprint density at radius 1 is 0.317 bits per heavy atom. The summed E-state index contributed by atoms with van der Waals surface area (Å²) in [6.07, 6.45) is 0. The third kappa shape index (κ3) is 4.82. The van der Waals surface area contributed by atoms with Crippen molar-refractivity contribution in [2.24, 2.45) is 0 Å². The molecule has 0 amide bonds. The molecule has 0 fully saturated rings. The van der Waals surface area contributed by atoms with E-state index in [1.165, 1.54) is 10.8 Å². The van der Waals surface area contributed by atoms with Crippen LogP contribution in [-0.2, 0) is 0 Å². The van der Waals surface area contributed by atoms with Crippen molar-refractivity contribution in [3.63, 3.8) is 0 Å². The molecule has 14 rings (SSSR count). The number of nitrogens with zero attached hydrogens (tertiary/aromatic N) is 4.